The molecule has 0 saturated carbocycles. The summed E-state index contributed by atoms with van der Waals surface area (Å²) < 4.78 is 7.40. The first kappa shape index (κ1) is 17.0. The van der Waals surface area contributed by atoms with Gasteiger partial charge in [0, 0.05) is 11.0 Å². The number of ether oxygens (including phenoxy) is 1. The molecule has 0 aromatic heterocycles. The van der Waals surface area contributed by atoms with Crippen molar-refractivity contribution in [1.29, 1.82) is 0 Å². The van der Waals surface area contributed by atoms with Gasteiger partial charge in [0.2, 0.25) is 0 Å². The SMILES string of the molecule is Cc1ccc(CNC(=O)COc2c(C)cc(Br)cc2Br)cc1. The molecule has 0 unspecified atom stereocenters. The van der Waals surface area contributed by atoms with E-state index in [1.807, 2.05) is 50.2 Å². The van der Waals surface area contributed by atoms with Crippen LogP contribution in [0.3, 0.4) is 0 Å². The van der Waals surface area contributed by atoms with Crippen molar-refractivity contribution in [2.75, 3.05) is 6.61 Å². The molecule has 1 amide bonds. The number of hydrogen-bond donors (Lipinski definition) is 1. The van der Waals surface area contributed by atoms with Gasteiger partial charge in [0.15, 0.2) is 6.61 Å². The van der Waals surface area contributed by atoms with Crippen LogP contribution in [0.2, 0.25) is 0 Å². The predicted octanol–water partition coefficient (Wildman–Crippen LogP) is 4.52. The molecule has 0 fully saturated rings. The average molecular weight is 427 g/mol. The number of benzene rings is 2. The van der Waals surface area contributed by atoms with Crippen molar-refractivity contribution in [3.63, 3.8) is 0 Å². The fourth-order valence-electron chi connectivity index (χ4n) is 1.97. The van der Waals surface area contributed by atoms with Crippen LogP contribution in [0.1, 0.15) is 16.7 Å². The maximum atomic E-state index is 11.9. The highest BCUT2D eigenvalue weighted by Crippen LogP contribution is 2.32. The Morgan fingerprint density at radius 1 is 1.14 bits per heavy atom. The van der Waals surface area contributed by atoms with Crippen molar-refractivity contribution in [3.05, 3.63) is 62.0 Å². The van der Waals surface area contributed by atoms with E-state index in [4.69, 9.17) is 4.74 Å². The molecule has 2 rings (SSSR count). The molecule has 0 saturated heterocycles. The van der Waals surface area contributed by atoms with E-state index in [9.17, 15) is 4.79 Å². The van der Waals surface area contributed by atoms with Crippen LogP contribution in [-0.4, -0.2) is 12.5 Å². The number of hydrogen-bond acceptors (Lipinski definition) is 2. The van der Waals surface area contributed by atoms with Gasteiger partial charge in [-0.15, -0.1) is 0 Å². The molecule has 0 bridgehead atoms. The van der Waals surface area contributed by atoms with Crippen molar-refractivity contribution in [2.45, 2.75) is 20.4 Å². The van der Waals surface area contributed by atoms with Gasteiger partial charge in [-0.05, 0) is 53.0 Å². The molecule has 0 radical (unpaired) electrons. The van der Waals surface area contributed by atoms with Gasteiger partial charge in [-0.2, -0.15) is 0 Å². The van der Waals surface area contributed by atoms with Gasteiger partial charge in [-0.3, -0.25) is 4.79 Å². The molecular weight excluding hydrogens is 410 g/mol. The zero-order valence-electron chi connectivity index (χ0n) is 12.5. The lowest BCUT2D eigenvalue weighted by Crippen LogP contribution is -2.28. The number of carbonyl (C=O) groups is 1. The van der Waals surface area contributed by atoms with Crippen LogP contribution in [0, 0.1) is 13.8 Å². The molecule has 0 heterocycles. The standard InChI is InChI=1S/C17H17Br2NO2/c1-11-3-5-13(6-4-11)9-20-16(21)10-22-17-12(2)7-14(18)8-15(17)19/h3-8H,9-10H2,1-2H3,(H,20,21). The summed E-state index contributed by atoms with van der Waals surface area (Å²) in [4.78, 5) is 11.9. The van der Waals surface area contributed by atoms with E-state index in [2.05, 4.69) is 37.2 Å². The molecule has 1 N–H and O–H groups in total. The molecule has 0 spiro atoms. The van der Waals surface area contributed by atoms with E-state index < -0.39 is 0 Å². The van der Waals surface area contributed by atoms with Gasteiger partial charge in [0.1, 0.15) is 5.75 Å². The van der Waals surface area contributed by atoms with Crippen molar-refractivity contribution in [2.24, 2.45) is 0 Å². The summed E-state index contributed by atoms with van der Waals surface area (Å²) >= 11 is 6.86. The van der Waals surface area contributed by atoms with Crippen molar-refractivity contribution in [3.8, 4) is 5.75 Å². The molecule has 3 nitrogen and oxygen atoms in total. The number of rotatable bonds is 5. The lowest BCUT2D eigenvalue weighted by atomic mass is 10.1. The molecule has 5 heteroatoms. The summed E-state index contributed by atoms with van der Waals surface area (Å²) in [6.07, 6.45) is 0. The highest BCUT2D eigenvalue weighted by atomic mass is 79.9. The van der Waals surface area contributed by atoms with Crippen LogP contribution in [0.25, 0.3) is 0 Å². The Labute approximate surface area is 147 Å². The van der Waals surface area contributed by atoms with Crippen LogP contribution < -0.4 is 10.1 Å². The maximum absolute atomic E-state index is 11.9. The van der Waals surface area contributed by atoms with Crippen molar-refractivity contribution >= 4 is 37.8 Å². The van der Waals surface area contributed by atoms with E-state index in [1.54, 1.807) is 0 Å². The first-order chi connectivity index (χ1) is 10.5. The molecule has 2 aromatic carbocycles. The summed E-state index contributed by atoms with van der Waals surface area (Å²) in [5.41, 5.74) is 3.24. The van der Waals surface area contributed by atoms with Gasteiger partial charge >= 0.3 is 0 Å². The second kappa shape index (κ2) is 7.79. The Balaban J connectivity index is 1.87. The predicted molar refractivity (Wildman–Crippen MR) is 95.1 cm³/mol. The fourth-order valence-corrected chi connectivity index (χ4v) is 3.52. The minimum Gasteiger partial charge on any atom is -0.482 e. The third-order valence-corrected chi connectivity index (χ3v) is 4.20. The Morgan fingerprint density at radius 3 is 2.45 bits per heavy atom. The number of carbonyl (C=O) groups excluding carboxylic acids is 1. The van der Waals surface area contributed by atoms with Crippen LogP contribution in [0.15, 0.2) is 45.3 Å². The van der Waals surface area contributed by atoms with Gasteiger partial charge in [-0.25, -0.2) is 0 Å². The Bertz CT molecular complexity index is 646. The lowest BCUT2D eigenvalue weighted by molar-refractivity contribution is -0.123. The minimum absolute atomic E-state index is 0.00701. The molecule has 2 aromatic rings. The Kier molecular flexibility index (Phi) is 6.03. The Hall–Kier alpha value is -1.33. The highest BCUT2D eigenvalue weighted by Gasteiger charge is 2.09. The molecule has 22 heavy (non-hydrogen) atoms. The third kappa shape index (κ3) is 4.85. The molecule has 0 atom stereocenters. The molecule has 0 aliphatic carbocycles. The largest absolute Gasteiger partial charge is 0.482 e. The first-order valence-corrected chi connectivity index (χ1v) is 8.45. The number of halogens is 2. The average Bonchev–Trinajstić information content (AvgIpc) is 2.45. The maximum Gasteiger partial charge on any atom is 0.258 e. The number of amides is 1. The van der Waals surface area contributed by atoms with Gasteiger partial charge in [0.05, 0.1) is 4.47 Å². The van der Waals surface area contributed by atoms with Crippen LogP contribution >= 0.6 is 31.9 Å². The second-order valence-electron chi connectivity index (χ2n) is 5.08. The Morgan fingerprint density at radius 2 is 1.82 bits per heavy atom. The highest BCUT2D eigenvalue weighted by molar-refractivity contribution is 9.11. The fraction of sp³-hybridized carbons (Fsp3) is 0.235. The summed E-state index contributed by atoms with van der Waals surface area (Å²) in [6, 6.07) is 11.9. The zero-order valence-corrected chi connectivity index (χ0v) is 15.6. The summed E-state index contributed by atoms with van der Waals surface area (Å²) in [7, 11) is 0. The quantitative estimate of drug-likeness (QED) is 0.762. The topological polar surface area (TPSA) is 38.3 Å². The summed E-state index contributed by atoms with van der Waals surface area (Å²) in [5.74, 6) is 0.545. The summed E-state index contributed by atoms with van der Waals surface area (Å²) in [5, 5.41) is 2.85. The smallest absolute Gasteiger partial charge is 0.258 e. The summed E-state index contributed by atoms with van der Waals surface area (Å²) in [6.45, 7) is 4.47. The first-order valence-electron chi connectivity index (χ1n) is 6.86. The molecule has 0 aliphatic rings. The van der Waals surface area contributed by atoms with Crippen molar-refractivity contribution in [1.82, 2.24) is 5.32 Å². The number of aryl methyl sites for hydroxylation is 2. The van der Waals surface area contributed by atoms with Crippen LogP contribution in [0.4, 0.5) is 0 Å². The normalized spacial score (nSPS) is 10.4. The van der Waals surface area contributed by atoms with E-state index in [1.165, 1.54) is 5.56 Å². The molecule has 116 valence electrons. The monoisotopic (exact) mass is 425 g/mol. The van der Waals surface area contributed by atoms with E-state index >= 15 is 0 Å². The van der Waals surface area contributed by atoms with E-state index in [-0.39, 0.29) is 12.5 Å². The lowest BCUT2D eigenvalue weighted by Gasteiger charge is -2.12. The van der Waals surface area contributed by atoms with Gasteiger partial charge in [0.25, 0.3) is 5.91 Å². The van der Waals surface area contributed by atoms with Gasteiger partial charge < -0.3 is 10.1 Å². The van der Waals surface area contributed by atoms with Crippen LogP contribution in [0.5, 0.6) is 5.75 Å². The van der Waals surface area contributed by atoms with E-state index in [0.717, 1.165) is 20.1 Å². The minimum atomic E-state index is -0.144. The molecule has 0 aliphatic heterocycles. The van der Waals surface area contributed by atoms with Crippen LogP contribution in [-0.2, 0) is 11.3 Å². The van der Waals surface area contributed by atoms with Gasteiger partial charge in [-0.1, -0.05) is 45.8 Å². The molecular formula is C17H17Br2NO2. The van der Waals surface area contributed by atoms with Crippen molar-refractivity contribution < 1.29 is 9.53 Å². The third-order valence-electron chi connectivity index (χ3n) is 3.15. The number of nitrogens with one attached hydrogen (secondary N) is 1. The zero-order chi connectivity index (χ0) is 16.1. The second-order valence-corrected chi connectivity index (χ2v) is 6.85. The van der Waals surface area contributed by atoms with E-state index in [0.29, 0.717) is 12.3 Å².